The van der Waals surface area contributed by atoms with Gasteiger partial charge in [-0.25, -0.2) is 4.98 Å². The second-order valence-corrected chi connectivity index (χ2v) is 2.33. The first kappa shape index (κ1) is 10.0. The van der Waals surface area contributed by atoms with E-state index in [1.807, 2.05) is 0 Å². The molecule has 1 rings (SSSR count). The maximum Gasteiger partial charge on any atom is 0.573 e. The zero-order valence-corrected chi connectivity index (χ0v) is 6.66. The third-order valence-corrected chi connectivity index (χ3v) is 1.28. The number of halogens is 5. The fourth-order valence-electron chi connectivity index (χ4n) is 0.600. The summed E-state index contributed by atoms with van der Waals surface area (Å²) in [4.78, 5) is 2.93. The fraction of sp³-hybridized carbons (Fsp3) is 0.167. The standard InChI is InChI=1S/C6H2ClF4NO/c7-5-3(13-6(9,10)11)1-2-4(8)12-5/h1-2H. The summed E-state index contributed by atoms with van der Waals surface area (Å²) < 4.78 is 50.5. The van der Waals surface area contributed by atoms with Crippen LogP contribution in [0.2, 0.25) is 5.15 Å². The van der Waals surface area contributed by atoms with Crippen molar-refractivity contribution in [2.24, 2.45) is 0 Å². The summed E-state index contributed by atoms with van der Waals surface area (Å²) in [6, 6.07) is 1.46. The van der Waals surface area contributed by atoms with Gasteiger partial charge in [0.25, 0.3) is 0 Å². The van der Waals surface area contributed by atoms with Crippen LogP contribution in [0.15, 0.2) is 12.1 Å². The third kappa shape index (κ3) is 3.06. The molecule has 0 aliphatic carbocycles. The van der Waals surface area contributed by atoms with Gasteiger partial charge in [0.2, 0.25) is 5.95 Å². The topological polar surface area (TPSA) is 22.1 Å². The quantitative estimate of drug-likeness (QED) is 0.531. The molecular weight excluding hydrogens is 214 g/mol. The molecule has 0 aromatic carbocycles. The smallest absolute Gasteiger partial charge is 0.402 e. The minimum atomic E-state index is -4.86. The first-order valence-corrected chi connectivity index (χ1v) is 3.34. The van der Waals surface area contributed by atoms with Gasteiger partial charge in [-0.05, 0) is 12.1 Å². The second kappa shape index (κ2) is 3.37. The fourth-order valence-corrected chi connectivity index (χ4v) is 0.782. The molecule has 1 heterocycles. The van der Waals surface area contributed by atoms with Crippen LogP contribution in [0.3, 0.4) is 0 Å². The molecule has 0 atom stereocenters. The van der Waals surface area contributed by atoms with E-state index >= 15 is 0 Å². The van der Waals surface area contributed by atoms with Gasteiger partial charge in [0.05, 0.1) is 0 Å². The number of nitrogens with zero attached hydrogens (tertiary/aromatic N) is 1. The van der Waals surface area contributed by atoms with Crippen molar-refractivity contribution in [2.45, 2.75) is 6.36 Å². The summed E-state index contributed by atoms with van der Waals surface area (Å²) in [6.45, 7) is 0. The molecule has 0 radical (unpaired) electrons. The molecule has 0 fully saturated rings. The molecular formula is C6H2ClF4NO. The van der Waals surface area contributed by atoms with Crippen LogP contribution in [-0.2, 0) is 0 Å². The second-order valence-electron chi connectivity index (χ2n) is 1.97. The van der Waals surface area contributed by atoms with Gasteiger partial charge in [-0.15, -0.1) is 13.2 Å². The maximum atomic E-state index is 12.2. The van der Waals surface area contributed by atoms with Crippen LogP contribution in [0.5, 0.6) is 5.75 Å². The Hall–Kier alpha value is -1.04. The zero-order valence-electron chi connectivity index (χ0n) is 5.90. The van der Waals surface area contributed by atoms with Crippen LogP contribution < -0.4 is 4.74 Å². The molecule has 1 aromatic heterocycles. The molecule has 0 saturated carbocycles. The predicted octanol–water partition coefficient (Wildman–Crippen LogP) is 2.77. The van der Waals surface area contributed by atoms with Crippen LogP contribution in [0.4, 0.5) is 17.6 Å². The Morgan fingerprint density at radius 3 is 2.38 bits per heavy atom. The van der Waals surface area contributed by atoms with Crippen LogP contribution in [0.1, 0.15) is 0 Å². The average molecular weight is 216 g/mol. The lowest BCUT2D eigenvalue weighted by atomic mass is 10.4. The number of aromatic nitrogens is 1. The number of hydrogen-bond donors (Lipinski definition) is 0. The number of rotatable bonds is 1. The Labute approximate surface area is 75.1 Å². The van der Waals surface area contributed by atoms with Gasteiger partial charge < -0.3 is 4.74 Å². The average Bonchev–Trinajstić information content (AvgIpc) is 1.93. The van der Waals surface area contributed by atoms with Crippen LogP contribution in [0, 0.1) is 5.95 Å². The highest BCUT2D eigenvalue weighted by Crippen LogP contribution is 2.28. The first-order chi connectivity index (χ1) is 5.88. The highest BCUT2D eigenvalue weighted by atomic mass is 35.5. The first-order valence-electron chi connectivity index (χ1n) is 2.96. The largest absolute Gasteiger partial charge is 0.573 e. The third-order valence-electron chi connectivity index (χ3n) is 1.01. The van der Waals surface area contributed by atoms with E-state index in [-0.39, 0.29) is 0 Å². The van der Waals surface area contributed by atoms with E-state index in [0.29, 0.717) is 6.07 Å². The molecule has 7 heteroatoms. The van der Waals surface area contributed by atoms with Crippen molar-refractivity contribution in [1.82, 2.24) is 4.98 Å². The van der Waals surface area contributed by atoms with Crippen molar-refractivity contribution in [3.05, 3.63) is 23.2 Å². The highest BCUT2D eigenvalue weighted by Gasteiger charge is 2.32. The van der Waals surface area contributed by atoms with Gasteiger partial charge in [0.15, 0.2) is 10.9 Å². The normalized spacial score (nSPS) is 11.5. The van der Waals surface area contributed by atoms with Gasteiger partial charge in [0, 0.05) is 0 Å². The van der Waals surface area contributed by atoms with Crippen molar-refractivity contribution >= 4 is 11.6 Å². The summed E-state index contributed by atoms with van der Waals surface area (Å²) in [5.41, 5.74) is 0. The Morgan fingerprint density at radius 1 is 1.31 bits per heavy atom. The summed E-state index contributed by atoms with van der Waals surface area (Å²) in [7, 11) is 0. The number of alkyl halides is 3. The van der Waals surface area contributed by atoms with Crippen molar-refractivity contribution < 1.29 is 22.3 Å². The Morgan fingerprint density at radius 2 is 1.92 bits per heavy atom. The maximum absolute atomic E-state index is 12.2. The summed E-state index contributed by atoms with van der Waals surface area (Å²) in [6.07, 6.45) is -4.86. The predicted molar refractivity (Wildman–Crippen MR) is 35.9 cm³/mol. The molecule has 72 valence electrons. The molecule has 0 spiro atoms. The monoisotopic (exact) mass is 215 g/mol. The lowest BCUT2D eigenvalue weighted by molar-refractivity contribution is -0.274. The van der Waals surface area contributed by atoms with Gasteiger partial charge in [0.1, 0.15) is 0 Å². The number of ether oxygens (including phenoxy) is 1. The van der Waals surface area contributed by atoms with E-state index < -0.39 is 23.2 Å². The van der Waals surface area contributed by atoms with E-state index in [1.165, 1.54) is 0 Å². The molecule has 0 bridgehead atoms. The van der Waals surface area contributed by atoms with Gasteiger partial charge in [-0.1, -0.05) is 11.6 Å². The molecule has 0 amide bonds. The minimum Gasteiger partial charge on any atom is -0.402 e. The van der Waals surface area contributed by atoms with E-state index in [2.05, 4.69) is 9.72 Å². The van der Waals surface area contributed by atoms with Crippen LogP contribution in [0.25, 0.3) is 0 Å². The van der Waals surface area contributed by atoms with Gasteiger partial charge in [-0.3, -0.25) is 0 Å². The van der Waals surface area contributed by atoms with Gasteiger partial charge >= 0.3 is 6.36 Å². The molecule has 13 heavy (non-hydrogen) atoms. The number of hydrogen-bond acceptors (Lipinski definition) is 2. The van der Waals surface area contributed by atoms with E-state index in [0.717, 1.165) is 6.07 Å². The summed E-state index contributed by atoms with van der Waals surface area (Å²) >= 11 is 5.16. The Kier molecular flexibility index (Phi) is 2.60. The van der Waals surface area contributed by atoms with E-state index in [4.69, 9.17) is 11.6 Å². The van der Waals surface area contributed by atoms with E-state index in [1.54, 1.807) is 0 Å². The summed E-state index contributed by atoms with van der Waals surface area (Å²) in [5, 5.41) is -0.669. The van der Waals surface area contributed by atoms with E-state index in [9.17, 15) is 17.6 Å². The molecule has 0 aliphatic rings. The van der Waals surface area contributed by atoms with Crippen molar-refractivity contribution in [1.29, 1.82) is 0 Å². The minimum absolute atomic E-state index is 0.669. The number of pyridine rings is 1. The molecule has 0 saturated heterocycles. The Bertz CT molecular complexity index is 314. The zero-order chi connectivity index (χ0) is 10.1. The van der Waals surface area contributed by atoms with Crippen molar-refractivity contribution in [3.8, 4) is 5.75 Å². The van der Waals surface area contributed by atoms with Gasteiger partial charge in [-0.2, -0.15) is 4.39 Å². The molecule has 2 nitrogen and oxygen atoms in total. The molecule has 0 N–H and O–H groups in total. The van der Waals surface area contributed by atoms with Crippen LogP contribution in [-0.4, -0.2) is 11.3 Å². The highest BCUT2D eigenvalue weighted by molar-refractivity contribution is 6.30. The lowest BCUT2D eigenvalue weighted by Crippen LogP contribution is -2.17. The molecule has 1 aromatic rings. The van der Waals surface area contributed by atoms with Crippen LogP contribution >= 0.6 is 11.6 Å². The van der Waals surface area contributed by atoms with Crippen molar-refractivity contribution in [2.75, 3.05) is 0 Å². The summed E-state index contributed by atoms with van der Waals surface area (Å²) in [5.74, 6) is -1.70. The molecule has 0 aliphatic heterocycles. The Balaban J connectivity index is 2.90. The lowest BCUT2D eigenvalue weighted by Gasteiger charge is -2.08. The SMILES string of the molecule is Fc1ccc(OC(F)(F)F)c(Cl)n1. The van der Waals surface area contributed by atoms with Crippen molar-refractivity contribution in [3.63, 3.8) is 0 Å². The molecule has 0 unspecified atom stereocenters.